The molecule has 2 fully saturated rings. The minimum Gasteiger partial charge on any atom is -0.508 e. The first kappa shape index (κ1) is 50.4. The minimum absolute atomic E-state index is 0.00157. The summed E-state index contributed by atoms with van der Waals surface area (Å²) >= 11 is 0. The fourth-order valence-corrected chi connectivity index (χ4v) is 7.69. The highest BCUT2D eigenvalue weighted by atomic mass is 16.5. The Morgan fingerprint density at radius 2 is 1.62 bits per heavy atom. The van der Waals surface area contributed by atoms with E-state index in [0.29, 0.717) is 50.4 Å². The number of hydrogen-bond donors (Lipinski definition) is 4. The molecule has 17 nitrogen and oxygen atoms in total. The molecule has 3 heterocycles. The van der Waals surface area contributed by atoms with Crippen molar-refractivity contribution >= 4 is 35.6 Å². The second kappa shape index (κ2) is 22.9. The molecule has 2 aromatic rings. The van der Waals surface area contributed by atoms with Crippen molar-refractivity contribution in [3.05, 3.63) is 59.7 Å². The number of aliphatic hydroxyl groups excluding tert-OH is 1. The van der Waals surface area contributed by atoms with Gasteiger partial charge in [-0.25, -0.2) is 9.59 Å². The van der Waals surface area contributed by atoms with Gasteiger partial charge in [-0.2, -0.15) is 0 Å². The number of likely N-dealkylation sites (tertiary alicyclic amines) is 1. The number of carbonyl (C=O) groups excluding carboxylic acids is 6. The van der Waals surface area contributed by atoms with E-state index >= 15 is 0 Å². The maximum absolute atomic E-state index is 13.5. The molecule has 348 valence electrons. The van der Waals surface area contributed by atoms with E-state index in [-0.39, 0.29) is 80.5 Å². The Labute approximate surface area is 370 Å². The largest absolute Gasteiger partial charge is 0.508 e. The van der Waals surface area contributed by atoms with Crippen LogP contribution in [0.4, 0.5) is 0 Å². The van der Waals surface area contributed by atoms with Crippen molar-refractivity contribution in [1.29, 1.82) is 0 Å². The van der Waals surface area contributed by atoms with Gasteiger partial charge in [0.1, 0.15) is 35.7 Å². The van der Waals surface area contributed by atoms with Crippen molar-refractivity contribution < 1.29 is 62.7 Å². The van der Waals surface area contributed by atoms with Gasteiger partial charge in [-0.3, -0.25) is 19.2 Å². The maximum atomic E-state index is 13.5. The third-order valence-electron chi connectivity index (χ3n) is 11.0. The van der Waals surface area contributed by atoms with E-state index in [2.05, 4.69) is 10.6 Å². The third kappa shape index (κ3) is 14.6. The average molecular weight is 883 g/mol. The van der Waals surface area contributed by atoms with Crippen LogP contribution in [0.2, 0.25) is 0 Å². The second-order valence-electron chi connectivity index (χ2n) is 18.2. The lowest BCUT2D eigenvalue weighted by Gasteiger charge is -2.35. The van der Waals surface area contributed by atoms with E-state index in [9.17, 15) is 33.9 Å². The highest BCUT2D eigenvalue weighted by molar-refractivity contribution is 5.93. The molecule has 4 N–H and O–H groups in total. The Morgan fingerprint density at radius 1 is 0.921 bits per heavy atom. The van der Waals surface area contributed by atoms with Crippen LogP contribution in [-0.4, -0.2) is 146 Å². The molecule has 0 unspecified atom stereocenters. The summed E-state index contributed by atoms with van der Waals surface area (Å²) in [5, 5.41) is 24.3. The third-order valence-corrected chi connectivity index (χ3v) is 11.0. The molecule has 0 radical (unpaired) electrons. The predicted octanol–water partition coefficient (Wildman–Crippen LogP) is 2.71. The highest BCUT2D eigenvalue weighted by Crippen LogP contribution is 2.30. The molecule has 0 saturated carbocycles. The lowest BCUT2D eigenvalue weighted by molar-refractivity contribution is -0.153. The lowest BCUT2D eigenvalue weighted by Crippen LogP contribution is -2.57. The first-order chi connectivity index (χ1) is 29.7. The molecule has 0 aliphatic carbocycles. The van der Waals surface area contributed by atoms with Gasteiger partial charge in [-0.05, 0) is 52.6 Å². The zero-order chi connectivity index (χ0) is 46.5. The maximum Gasteiger partial charge on any atom is 0.328 e. The van der Waals surface area contributed by atoms with Gasteiger partial charge in [0.2, 0.25) is 23.6 Å². The summed E-state index contributed by atoms with van der Waals surface area (Å²) in [4.78, 5) is 80.2. The van der Waals surface area contributed by atoms with E-state index in [0.717, 1.165) is 5.56 Å². The number of phenolic OH excluding ortho intramolecular Hbond substituents is 1. The fourth-order valence-electron chi connectivity index (χ4n) is 7.69. The lowest BCUT2D eigenvalue weighted by atomic mass is 9.85. The number of phenols is 1. The highest BCUT2D eigenvalue weighted by Gasteiger charge is 2.47. The van der Waals surface area contributed by atoms with Crippen molar-refractivity contribution in [2.45, 2.75) is 116 Å². The number of aromatic hydroxyl groups is 1. The minimum atomic E-state index is -0.879. The Balaban J connectivity index is 0.000000277. The fraction of sp³-hybridized carbons (Fsp3) is 0.609. The van der Waals surface area contributed by atoms with E-state index in [4.69, 9.17) is 28.8 Å². The van der Waals surface area contributed by atoms with E-state index in [1.807, 2.05) is 65.8 Å². The van der Waals surface area contributed by atoms with Crippen molar-refractivity contribution in [3.8, 4) is 11.5 Å². The number of nitrogens with zero attached hydrogens (tertiary/aromatic N) is 2. The van der Waals surface area contributed by atoms with Crippen molar-refractivity contribution in [2.24, 2.45) is 10.8 Å². The molecular formula is C46H66N4O13. The second-order valence-corrected chi connectivity index (χ2v) is 18.2. The standard InChI is InChI=1S/C23H34N2O7.C23H32N2O6/c1-23(2,3)20(24-19(28)12-15-7-5-8-16(27)11-15)21(29)25-14-17(32-10-6-9-26)13-18(25)22(30)31-4;1-23(2,3)20-21(27)25-14-17(13-18(25)22(28)29-4)31-10-6-9-30-16-8-5-7-15(11-16)12-19(26)24-20/h5,7-8,11,17-18,20,26-27H,6,9-10,12-14H2,1-4H3,(H,24,28);5,7-8,11,17-18,20H,6,9-10,12-14H2,1-4H3,(H,24,26)/t2*17-,18-,20+/m00/s1. The molecule has 17 heteroatoms. The van der Waals surface area contributed by atoms with E-state index in [1.54, 1.807) is 12.1 Å². The van der Waals surface area contributed by atoms with Crippen molar-refractivity contribution in [3.63, 3.8) is 0 Å². The molecule has 4 amide bonds. The number of esters is 2. The summed E-state index contributed by atoms with van der Waals surface area (Å²) in [5.41, 5.74) is 0.242. The Hall–Kier alpha value is -5.26. The van der Waals surface area contributed by atoms with Crippen molar-refractivity contribution in [1.82, 2.24) is 20.4 Å². The van der Waals surface area contributed by atoms with Crippen LogP contribution in [0, 0.1) is 10.8 Å². The normalized spacial score (nSPS) is 22.5. The smallest absolute Gasteiger partial charge is 0.328 e. The molecule has 2 saturated heterocycles. The van der Waals surface area contributed by atoms with Crippen LogP contribution in [0.25, 0.3) is 0 Å². The van der Waals surface area contributed by atoms with Gasteiger partial charge in [0, 0.05) is 45.6 Å². The Kier molecular flexibility index (Phi) is 18.3. The summed E-state index contributed by atoms with van der Waals surface area (Å²) in [6.07, 6.45) is 1.28. The van der Waals surface area contributed by atoms with Crippen LogP contribution in [0.5, 0.6) is 11.5 Å². The summed E-state index contributed by atoms with van der Waals surface area (Å²) in [6, 6.07) is 10.5. The van der Waals surface area contributed by atoms with E-state index < -0.39 is 46.9 Å². The van der Waals surface area contributed by atoms with Crippen LogP contribution in [0.15, 0.2) is 48.5 Å². The van der Waals surface area contributed by atoms with Gasteiger partial charge in [-0.15, -0.1) is 0 Å². The average Bonchev–Trinajstić information content (AvgIpc) is 3.85. The molecule has 3 aliphatic rings. The molecule has 0 aromatic heterocycles. The molecule has 2 aromatic carbocycles. The van der Waals surface area contributed by atoms with Gasteiger partial charge in [0.15, 0.2) is 0 Å². The number of hydrogen-bond acceptors (Lipinski definition) is 13. The molecular weight excluding hydrogens is 817 g/mol. The van der Waals surface area contributed by atoms with Gasteiger partial charge < -0.3 is 54.3 Å². The molecule has 4 bridgehead atoms. The number of carbonyl (C=O) groups is 6. The summed E-state index contributed by atoms with van der Waals surface area (Å²) in [6.45, 7) is 12.9. The number of fused-ring (bicyclic) bond motifs is 4. The quantitative estimate of drug-likeness (QED) is 0.200. The number of nitrogens with one attached hydrogen (secondary N) is 2. The summed E-state index contributed by atoms with van der Waals surface area (Å²) in [5.74, 6) is -1.58. The summed E-state index contributed by atoms with van der Waals surface area (Å²) in [7, 11) is 2.58. The van der Waals surface area contributed by atoms with Crippen molar-refractivity contribution in [2.75, 3.05) is 53.7 Å². The van der Waals surface area contributed by atoms with Crippen LogP contribution in [-0.2, 0) is 60.6 Å². The molecule has 3 aliphatic heterocycles. The zero-order valence-electron chi connectivity index (χ0n) is 37.8. The molecule has 5 rings (SSSR count). The first-order valence-corrected chi connectivity index (χ1v) is 21.4. The van der Waals surface area contributed by atoms with Crippen LogP contribution < -0.4 is 15.4 Å². The van der Waals surface area contributed by atoms with Gasteiger partial charge in [-0.1, -0.05) is 65.8 Å². The SMILES string of the molecule is COC(=O)[C@@H]1C[C@H](OCCCO)CN1C(=O)[C@@H](NC(=O)Cc1cccc(O)c1)C(C)(C)C.COC(=O)[C@@H]1C[C@H]2CN1C(=O)[C@H](C(C)(C)C)NC(=O)Cc1cccc(c1)OCCCO2. The number of benzene rings is 2. The Bertz CT molecular complexity index is 1890. The van der Waals surface area contributed by atoms with E-state index in [1.165, 1.54) is 36.2 Å². The number of rotatable bonds is 10. The first-order valence-electron chi connectivity index (χ1n) is 21.4. The zero-order valence-corrected chi connectivity index (χ0v) is 37.8. The van der Waals surface area contributed by atoms with Gasteiger partial charge in [0.05, 0.1) is 52.5 Å². The number of amides is 4. The van der Waals surface area contributed by atoms with Gasteiger partial charge >= 0.3 is 11.9 Å². The monoisotopic (exact) mass is 882 g/mol. The molecule has 6 atom stereocenters. The Morgan fingerprint density at radius 3 is 2.27 bits per heavy atom. The van der Waals surface area contributed by atoms with Crippen LogP contribution in [0.3, 0.4) is 0 Å². The molecule has 63 heavy (non-hydrogen) atoms. The number of aliphatic hydroxyl groups is 1. The van der Waals surface area contributed by atoms with Crippen LogP contribution >= 0.6 is 0 Å². The topological polar surface area (TPSA) is 220 Å². The van der Waals surface area contributed by atoms with Gasteiger partial charge in [0.25, 0.3) is 0 Å². The number of methoxy groups -OCH3 is 2. The number of ether oxygens (including phenoxy) is 5. The molecule has 0 spiro atoms. The summed E-state index contributed by atoms with van der Waals surface area (Å²) < 4.78 is 27.2. The predicted molar refractivity (Wildman–Crippen MR) is 230 cm³/mol. The van der Waals surface area contributed by atoms with Crippen LogP contribution in [0.1, 0.15) is 78.4 Å².